The summed E-state index contributed by atoms with van der Waals surface area (Å²) >= 11 is 6.86. The summed E-state index contributed by atoms with van der Waals surface area (Å²) in [5.74, 6) is 2.59. The highest BCUT2D eigenvalue weighted by Gasteiger charge is 2.11. The number of rotatable bonds is 4. The van der Waals surface area contributed by atoms with Gasteiger partial charge in [0, 0.05) is 6.07 Å². The predicted molar refractivity (Wildman–Crippen MR) is 85.9 cm³/mol. The maximum absolute atomic E-state index is 5.93. The molecule has 0 aliphatic rings. The van der Waals surface area contributed by atoms with Crippen molar-refractivity contribution >= 4 is 37.5 Å². The minimum atomic E-state index is 0.503. The first-order valence-electron chi connectivity index (χ1n) is 5.69. The van der Waals surface area contributed by atoms with E-state index in [1.165, 1.54) is 0 Å². The number of ether oxygens (including phenoxy) is 3. The molecule has 4 nitrogen and oxygen atoms in total. The first-order chi connectivity index (χ1) is 9.55. The molecule has 0 atom stereocenters. The van der Waals surface area contributed by atoms with Gasteiger partial charge in [-0.3, -0.25) is 0 Å². The predicted octanol–water partition coefficient (Wildman–Crippen LogP) is 4.60. The van der Waals surface area contributed by atoms with Gasteiger partial charge in [0.2, 0.25) is 0 Å². The first-order valence-corrected chi connectivity index (χ1v) is 7.28. The van der Waals surface area contributed by atoms with Gasteiger partial charge in [0.05, 0.1) is 28.9 Å². The van der Waals surface area contributed by atoms with Crippen LogP contribution in [0.5, 0.6) is 23.0 Å². The van der Waals surface area contributed by atoms with Crippen LogP contribution in [-0.2, 0) is 0 Å². The Balaban J connectivity index is 2.32. The van der Waals surface area contributed by atoms with Gasteiger partial charge in [-0.25, -0.2) is 0 Å². The molecule has 0 saturated heterocycles. The van der Waals surface area contributed by atoms with Crippen molar-refractivity contribution in [3.63, 3.8) is 0 Å². The van der Waals surface area contributed by atoms with Gasteiger partial charge in [-0.05, 0) is 56.1 Å². The minimum Gasteiger partial charge on any atom is -0.497 e. The quantitative estimate of drug-likeness (QED) is 0.759. The van der Waals surface area contributed by atoms with E-state index in [4.69, 9.17) is 19.9 Å². The van der Waals surface area contributed by atoms with Crippen LogP contribution in [-0.4, -0.2) is 14.2 Å². The number of benzene rings is 2. The maximum atomic E-state index is 5.93. The fraction of sp³-hybridized carbons (Fsp3) is 0.143. The van der Waals surface area contributed by atoms with Crippen LogP contribution in [0.3, 0.4) is 0 Å². The fourth-order valence-electron chi connectivity index (χ4n) is 1.61. The lowest BCUT2D eigenvalue weighted by Crippen LogP contribution is -1.94. The Morgan fingerprint density at radius 2 is 1.50 bits per heavy atom. The van der Waals surface area contributed by atoms with E-state index in [0.717, 1.165) is 8.95 Å². The van der Waals surface area contributed by atoms with Gasteiger partial charge in [-0.2, -0.15) is 0 Å². The number of halogens is 2. The van der Waals surface area contributed by atoms with Gasteiger partial charge in [-0.1, -0.05) is 0 Å². The van der Waals surface area contributed by atoms with E-state index in [9.17, 15) is 0 Å². The summed E-state index contributed by atoms with van der Waals surface area (Å²) in [6, 6.07) is 8.89. The van der Waals surface area contributed by atoms with E-state index >= 15 is 0 Å². The SMILES string of the molecule is COc1ccc(Oc2cc(Br)c(OC)cc2Br)c(N)c1. The van der Waals surface area contributed by atoms with Gasteiger partial charge in [0.25, 0.3) is 0 Å². The van der Waals surface area contributed by atoms with Gasteiger partial charge >= 0.3 is 0 Å². The molecule has 0 aromatic heterocycles. The second-order valence-corrected chi connectivity index (χ2v) is 5.63. The molecule has 0 aliphatic heterocycles. The van der Waals surface area contributed by atoms with Gasteiger partial charge in [0.15, 0.2) is 5.75 Å². The monoisotopic (exact) mass is 401 g/mol. The minimum absolute atomic E-state index is 0.503. The van der Waals surface area contributed by atoms with Crippen molar-refractivity contribution in [1.82, 2.24) is 0 Å². The topological polar surface area (TPSA) is 53.7 Å². The summed E-state index contributed by atoms with van der Waals surface area (Å²) in [6.45, 7) is 0. The van der Waals surface area contributed by atoms with Crippen LogP contribution in [0.15, 0.2) is 39.3 Å². The fourth-order valence-corrected chi connectivity index (χ4v) is 2.50. The highest BCUT2D eigenvalue weighted by molar-refractivity contribution is 9.11. The summed E-state index contributed by atoms with van der Waals surface area (Å²) in [5, 5.41) is 0. The van der Waals surface area contributed by atoms with Crippen LogP contribution in [0.2, 0.25) is 0 Å². The van der Waals surface area contributed by atoms with Crippen molar-refractivity contribution in [1.29, 1.82) is 0 Å². The lowest BCUT2D eigenvalue weighted by atomic mass is 10.2. The summed E-state index contributed by atoms with van der Waals surface area (Å²) < 4.78 is 17.7. The molecular formula is C14H13Br2NO3. The van der Waals surface area contributed by atoms with Gasteiger partial charge in [0.1, 0.15) is 17.2 Å². The standard InChI is InChI=1S/C14H13Br2NO3/c1-18-8-3-4-12(11(17)5-8)20-14-7-9(15)13(19-2)6-10(14)16/h3-7H,17H2,1-2H3. The molecule has 20 heavy (non-hydrogen) atoms. The van der Waals surface area contributed by atoms with E-state index in [0.29, 0.717) is 28.7 Å². The van der Waals surface area contributed by atoms with Gasteiger partial charge in [-0.15, -0.1) is 0 Å². The molecule has 0 fully saturated rings. The van der Waals surface area contributed by atoms with Crippen molar-refractivity contribution in [3.05, 3.63) is 39.3 Å². The molecule has 0 aliphatic carbocycles. The van der Waals surface area contributed by atoms with Crippen molar-refractivity contribution in [3.8, 4) is 23.0 Å². The van der Waals surface area contributed by atoms with Crippen LogP contribution in [0.4, 0.5) is 5.69 Å². The van der Waals surface area contributed by atoms with Crippen LogP contribution in [0, 0.1) is 0 Å². The van der Waals surface area contributed by atoms with Crippen LogP contribution in [0.1, 0.15) is 0 Å². The molecule has 0 bridgehead atoms. The molecule has 2 aromatic rings. The number of nitrogens with two attached hydrogens (primary N) is 1. The molecule has 0 radical (unpaired) electrons. The van der Waals surface area contributed by atoms with Crippen molar-refractivity contribution < 1.29 is 14.2 Å². The molecule has 0 saturated carbocycles. The van der Waals surface area contributed by atoms with E-state index in [1.807, 2.05) is 12.1 Å². The number of methoxy groups -OCH3 is 2. The Morgan fingerprint density at radius 1 is 0.850 bits per heavy atom. The molecular weight excluding hydrogens is 390 g/mol. The van der Waals surface area contributed by atoms with E-state index in [1.54, 1.807) is 32.4 Å². The highest BCUT2D eigenvalue weighted by atomic mass is 79.9. The molecule has 2 N–H and O–H groups in total. The number of anilines is 1. The molecule has 6 heteroatoms. The normalized spacial score (nSPS) is 10.2. The average molecular weight is 403 g/mol. The smallest absolute Gasteiger partial charge is 0.150 e. The Labute approximate surface area is 134 Å². The zero-order chi connectivity index (χ0) is 14.7. The lowest BCUT2D eigenvalue weighted by molar-refractivity contribution is 0.408. The molecule has 0 heterocycles. The molecule has 0 unspecified atom stereocenters. The second kappa shape index (κ2) is 6.37. The molecule has 0 spiro atoms. The van der Waals surface area contributed by atoms with Crippen LogP contribution in [0.25, 0.3) is 0 Å². The maximum Gasteiger partial charge on any atom is 0.150 e. The number of nitrogen functional groups attached to an aromatic ring is 1. The average Bonchev–Trinajstić information content (AvgIpc) is 2.44. The van der Waals surface area contributed by atoms with E-state index < -0.39 is 0 Å². The Bertz CT molecular complexity index is 632. The molecule has 0 amide bonds. The van der Waals surface area contributed by atoms with Crippen LogP contribution < -0.4 is 19.9 Å². The summed E-state index contributed by atoms with van der Waals surface area (Å²) in [6.07, 6.45) is 0. The van der Waals surface area contributed by atoms with Crippen molar-refractivity contribution in [2.45, 2.75) is 0 Å². The zero-order valence-electron chi connectivity index (χ0n) is 10.9. The lowest BCUT2D eigenvalue weighted by Gasteiger charge is -2.13. The van der Waals surface area contributed by atoms with Gasteiger partial charge < -0.3 is 19.9 Å². The zero-order valence-corrected chi connectivity index (χ0v) is 14.1. The second-order valence-electron chi connectivity index (χ2n) is 3.92. The summed E-state index contributed by atoms with van der Waals surface area (Å²) in [7, 11) is 3.20. The third-order valence-electron chi connectivity index (χ3n) is 2.64. The molecule has 2 rings (SSSR count). The highest BCUT2D eigenvalue weighted by Crippen LogP contribution is 2.39. The Morgan fingerprint density at radius 3 is 2.10 bits per heavy atom. The summed E-state index contributed by atoms with van der Waals surface area (Å²) in [4.78, 5) is 0. The third-order valence-corrected chi connectivity index (χ3v) is 3.88. The molecule has 2 aromatic carbocycles. The summed E-state index contributed by atoms with van der Waals surface area (Å²) in [5.41, 5.74) is 6.44. The number of hydrogen-bond donors (Lipinski definition) is 1. The Kier molecular flexibility index (Phi) is 4.77. The van der Waals surface area contributed by atoms with Crippen LogP contribution >= 0.6 is 31.9 Å². The number of hydrogen-bond acceptors (Lipinski definition) is 4. The largest absolute Gasteiger partial charge is 0.497 e. The Hall–Kier alpha value is -1.40. The molecule has 106 valence electrons. The first kappa shape index (κ1) is 15.0. The third kappa shape index (κ3) is 3.19. The van der Waals surface area contributed by atoms with E-state index in [-0.39, 0.29) is 0 Å². The van der Waals surface area contributed by atoms with E-state index in [2.05, 4.69) is 31.9 Å². The van der Waals surface area contributed by atoms with Crippen molar-refractivity contribution in [2.24, 2.45) is 0 Å². The van der Waals surface area contributed by atoms with Crippen molar-refractivity contribution in [2.75, 3.05) is 20.0 Å².